The van der Waals surface area contributed by atoms with Gasteiger partial charge in [0.15, 0.2) is 6.61 Å². The van der Waals surface area contributed by atoms with Gasteiger partial charge in [0.05, 0.1) is 18.7 Å². The molecular formula is C33H34FN7O8. The number of aromatic nitrogens is 4. The number of methoxy groups -OCH3 is 1. The summed E-state index contributed by atoms with van der Waals surface area (Å²) >= 11 is 0. The van der Waals surface area contributed by atoms with Gasteiger partial charge in [-0.05, 0) is 58.0 Å². The number of rotatable bonds is 3. The molecule has 256 valence electrons. The highest BCUT2D eigenvalue weighted by Gasteiger charge is 2.35. The van der Waals surface area contributed by atoms with E-state index in [0.717, 1.165) is 12.5 Å². The minimum atomic E-state index is -0.833. The highest BCUT2D eigenvalue weighted by Crippen LogP contribution is 2.29. The number of likely N-dealkylation sites (tertiary alicyclic amines) is 1. The number of halogens is 1. The van der Waals surface area contributed by atoms with Gasteiger partial charge in [0, 0.05) is 44.6 Å². The Morgan fingerprint density at radius 3 is 2.63 bits per heavy atom. The van der Waals surface area contributed by atoms with E-state index in [4.69, 9.17) is 24.1 Å². The Labute approximate surface area is 279 Å². The van der Waals surface area contributed by atoms with Gasteiger partial charge in [-0.2, -0.15) is 0 Å². The number of benzene rings is 3. The third kappa shape index (κ3) is 9.06. The Kier molecular flexibility index (Phi) is 11.0. The summed E-state index contributed by atoms with van der Waals surface area (Å²) in [7, 11) is 1.51. The molecule has 0 saturated carbocycles. The maximum Gasteiger partial charge on any atom is 0.300 e. The highest BCUT2D eigenvalue weighted by atomic mass is 19.1. The molecule has 0 aliphatic carbocycles. The number of piperidine rings is 1. The van der Waals surface area contributed by atoms with E-state index in [1.807, 2.05) is 0 Å². The van der Waals surface area contributed by atoms with Crippen LogP contribution in [0.1, 0.15) is 29.3 Å². The maximum absolute atomic E-state index is 15.1. The molecular weight excluding hydrogens is 641 g/mol. The lowest BCUT2D eigenvalue weighted by Crippen LogP contribution is -2.58. The van der Waals surface area contributed by atoms with E-state index in [2.05, 4.69) is 26.2 Å². The molecule has 3 aliphatic heterocycles. The molecule has 16 heteroatoms. The predicted octanol–water partition coefficient (Wildman–Crippen LogP) is 2.07. The lowest BCUT2D eigenvalue weighted by molar-refractivity contribution is -0.135. The van der Waals surface area contributed by atoms with E-state index < -0.39 is 29.8 Å². The molecule has 7 rings (SSSR count). The topological polar surface area (TPSA) is 187 Å². The first-order valence-corrected chi connectivity index (χ1v) is 15.2. The highest BCUT2D eigenvalue weighted by molar-refractivity contribution is 5.96. The molecule has 0 unspecified atom stereocenters. The molecule has 4 heterocycles. The number of carboxylic acid groups (broad SMARTS) is 1. The summed E-state index contributed by atoms with van der Waals surface area (Å²) in [5.41, 5.74) is 1.79. The summed E-state index contributed by atoms with van der Waals surface area (Å²) < 4.78 is 34.0. The van der Waals surface area contributed by atoms with E-state index in [1.165, 1.54) is 30.3 Å². The Morgan fingerprint density at radius 2 is 1.88 bits per heavy atom. The van der Waals surface area contributed by atoms with E-state index in [9.17, 15) is 14.4 Å². The zero-order chi connectivity index (χ0) is 34.9. The van der Waals surface area contributed by atoms with Crippen molar-refractivity contribution in [1.29, 1.82) is 0 Å². The van der Waals surface area contributed by atoms with Crippen LogP contribution in [-0.2, 0) is 27.5 Å². The number of carboxylic acids is 1. The summed E-state index contributed by atoms with van der Waals surface area (Å²) in [6.45, 7) is 1.45. The van der Waals surface area contributed by atoms with Crippen molar-refractivity contribution in [1.82, 2.24) is 35.7 Å². The van der Waals surface area contributed by atoms with Crippen LogP contribution in [0.5, 0.6) is 17.2 Å². The number of nitrogens with one attached hydrogen (secondary N) is 2. The number of fused-ring (bicyclic) bond motifs is 7. The van der Waals surface area contributed by atoms with Crippen molar-refractivity contribution in [2.45, 2.75) is 38.6 Å². The second-order valence-corrected chi connectivity index (χ2v) is 11.2. The van der Waals surface area contributed by atoms with Gasteiger partial charge < -0.3 is 34.9 Å². The van der Waals surface area contributed by atoms with Crippen molar-refractivity contribution in [2.24, 2.45) is 0 Å². The average Bonchev–Trinajstić information content (AvgIpc) is 3.60. The second kappa shape index (κ2) is 15.7. The van der Waals surface area contributed by atoms with Crippen molar-refractivity contribution in [3.63, 3.8) is 0 Å². The summed E-state index contributed by atoms with van der Waals surface area (Å²) in [6.07, 6.45) is 1.16. The minimum absolute atomic E-state index is 0.0756. The molecule has 0 spiro atoms. The summed E-state index contributed by atoms with van der Waals surface area (Å²) in [5.74, 6) is -1.39. The van der Waals surface area contributed by atoms with Gasteiger partial charge in [0.2, 0.25) is 5.91 Å². The van der Waals surface area contributed by atoms with Gasteiger partial charge in [-0.25, -0.2) is 9.07 Å². The molecule has 1 saturated heterocycles. The quantitative estimate of drug-likeness (QED) is 0.289. The normalized spacial score (nSPS) is 17.5. The third-order valence-corrected chi connectivity index (χ3v) is 7.68. The van der Waals surface area contributed by atoms with E-state index >= 15 is 4.39 Å². The zero-order valence-corrected chi connectivity index (χ0v) is 26.7. The minimum Gasteiger partial charge on any atom is -0.496 e. The van der Waals surface area contributed by atoms with Crippen molar-refractivity contribution in [3.8, 4) is 28.4 Å². The molecule has 0 radical (unpaired) electrons. The smallest absolute Gasteiger partial charge is 0.300 e. The number of ether oxygens (including phenoxy) is 3. The van der Waals surface area contributed by atoms with Crippen LogP contribution in [0.4, 0.5) is 4.39 Å². The zero-order valence-electron chi connectivity index (χ0n) is 26.7. The molecule has 3 aromatic carbocycles. The fourth-order valence-corrected chi connectivity index (χ4v) is 5.33. The van der Waals surface area contributed by atoms with Gasteiger partial charge in [-0.1, -0.05) is 18.2 Å². The van der Waals surface area contributed by atoms with Crippen molar-refractivity contribution >= 4 is 23.7 Å². The molecule has 3 aliphatic rings. The van der Waals surface area contributed by atoms with Crippen LogP contribution in [0.3, 0.4) is 0 Å². The SMILES string of the molecule is CC(=O)O.COc1cc2ccc1CNC(=O)COc1cccc(c1)-c1ccc(F)c(c1)C(=O)N[C@@H]1CN(C(=O)Cn3cnnn3)CC[C@@H]1O2. The lowest BCUT2D eigenvalue weighted by Gasteiger charge is -2.39. The summed E-state index contributed by atoms with van der Waals surface area (Å²) in [5, 5.41) is 24.0. The predicted molar refractivity (Wildman–Crippen MR) is 170 cm³/mol. The Hall–Kier alpha value is -6.06. The van der Waals surface area contributed by atoms with Crippen LogP contribution in [0.2, 0.25) is 0 Å². The monoisotopic (exact) mass is 675 g/mol. The Bertz CT molecular complexity index is 1820. The van der Waals surface area contributed by atoms with Gasteiger partial charge in [0.25, 0.3) is 17.8 Å². The standard InChI is InChI=1S/C31H30FN7O6.C2H4O2/c1-43-28-13-23-7-5-21(28)14-33-29(40)17-44-22-4-2-3-19(11-22)20-6-8-25(32)24(12-20)31(42)35-26-15-38(10-9-27(26)45-23)30(41)16-39-18-34-36-37-39;1-2(3)4/h2-8,11-13,18,26-27H,9-10,14-17H2,1H3,(H,33,40)(H,35,42);1H3,(H,3,4)/t26-,27+;/m1./s1. The van der Waals surface area contributed by atoms with Crippen LogP contribution in [0, 0.1) is 5.82 Å². The number of carbonyl (C=O) groups excluding carboxylic acids is 3. The number of hydrogen-bond acceptors (Lipinski definition) is 10. The number of carbonyl (C=O) groups is 4. The maximum atomic E-state index is 15.1. The molecule has 49 heavy (non-hydrogen) atoms. The third-order valence-electron chi connectivity index (χ3n) is 7.68. The van der Waals surface area contributed by atoms with Crippen LogP contribution >= 0.6 is 0 Å². The molecule has 2 atom stereocenters. The van der Waals surface area contributed by atoms with E-state index in [1.54, 1.807) is 53.4 Å². The molecule has 4 aromatic rings. The van der Waals surface area contributed by atoms with Crippen molar-refractivity contribution < 1.29 is 42.9 Å². The van der Waals surface area contributed by atoms with E-state index in [0.29, 0.717) is 41.3 Å². The van der Waals surface area contributed by atoms with Crippen LogP contribution in [-0.4, -0.2) is 92.9 Å². The molecule has 6 bridgehead atoms. The summed E-state index contributed by atoms with van der Waals surface area (Å²) in [4.78, 5) is 49.9. The number of amides is 3. The van der Waals surface area contributed by atoms with Crippen LogP contribution in [0.25, 0.3) is 11.1 Å². The molecule has 3 N–H and O–H groups in total. The molecule has 1 fully saturated rings. The number of hydrogen-bond donors (Lipinski definition) is 3. The first-order chi connectivity index (χ1) is 23.6. The van der Waals surface area contributed by atoms with E-state index in [-0.39, 0.29) is 43.6 Å². The number of tetrazole rings is 1. The van der Waals surface area contributed by atoms with Gasteiger partial charge in [0.1, 0.15) is 42.0 Å². The fourth-order valence-electron chi connectivity index (χ4n) is 5.33. The first kappa shape index (κ1) is 34.3. The van der Waals surface area contributed by atoms with Gasteiger partial charge in [-0.3, -0.25) is 19.2 Å². The fraction of sp³-hybridized carbons (Fsp3) is 0.303. The van der Waals surface area contributed by atoms with Crippen LogP contribution < -0.4 is 24.8 Å². The summed E-state index contributed by atoms with van der Waals surface area (Å²) in [6, 6.07) is 15.7. The first-order valence-electron chi connectivity index (χ1n) is 15.2. The largest absolute Gasteiger partial charge is 0.496 e. The average molecular weight is 676 g/mol. The number of nitrogens with zero attached hydrogens (tertiary/aromatic N) is 5. The molecule has 3 amide bonds. The van der Waals surface area contributed by atoms with Crippen LogP contribution in [0.15, 0.2) is 67.0 Å². The molecule has 15 nitrogen and oxygen atoms in total. The number of aliphatic carboxylic acids is 1. The van der Waals surface area contributed by atoms with Crippen molar-refractivity contribution in [3.05, 3.63) is 83.9 Å². The Balaban J connectivity index is 0.00000111. The van der Waals surface area contributed by atoms with Gasteiger partial charge >= 0.3 is 0 Å². The Morgan fingerprint density at radius 1 is 1.08 bits per heavy atom. The van der Waals surface area contributed by atoms with Crippen molar-refractivity contribution in [2.75, 3.05) is 26.8 Å². The molecule has 1 aromatic heterocycles. The van der Waals surface area contributed by atoms with Gasteiger partial charge in [-0.15, -0.1) is 5.10 Å². The lowest BCUT2D eigenvalue weighted by atomic mass is 9.99. The second-order valence-electron chi connectivity index (χ2n) is 11.2.